The second-order valence-corrected chi connectivity index (χ2v) is 2.70. The highest BCUT2D eigenvalue weighted by Gasteiger charge is 2.23. The van der Waals surface area contributed by atoms with E-state index in [9.17, 15) is 9.59 Å². The van der Waals surface area contributed by atoms with Crippen molar-refractivity contribution < 1.29 is 22.3 Å². The Balaban J connectivity index is -0.000000169. The number of ether oxygens (including phenoxy) is 1. The average molecular weight is 209 g/mol. The Labute approximate surface area is 87.4 Å². The molecule has 88 valence electrons. The number of carboxylic acids is 1. The lowest BCUT2D eigenvalue weighted by molar-refractivity contribution is -0.140. The van der Waals surface area contributed by atoms with Crippen LogP contribution in [0.1, 0.15) is 30.5 Å². The van der Waals surface area contributed by atoms with E-state index in [-0.39, 0.29) is 8.77 Å². The summed E-state index contributed by atoms with van der Waals surface area (Å²) in [5.41, 5.74) is 0. The van der Waals surface area contributed by atoms with Crippen LogP contribution < -0.4 is 5.32 Å². The third-order valence-electron chi connectivity index (χ3n) is 1.39. The molecule has 0 saturated heterocycles. The van der Waals surface area contributed by atoms with Gasteiger partial charge in [0.25, 0.3) is 0 Å². The first-order valence-electron chi connectivity index (χ1n) is 4.56. The Morgan fingerprint density at radius 2 is 1.79 bits per heavy atom. The highest BCUT2D eigenvalue weighted by molar-refractivity contribution is 5.80. The standard InChI is InChI=1S/C7H13NO4.C2H6.2H2/c1-4(2)5(6(9)10)8-7(11)12-3;1-2;;/h4-5H,1-3H3,(H,8,11)(H,9,10);1-2H3;2*1H/t5-;;;/m0.../s1. The Kier molecular flexibility index (Phi) is 9.07. The van der Waals surface area contributed by atoms with Crippen LogP contribution in [0.3, 0.4) is 0 Å². The number of hydrogen-bond acceptors (Lipinski definition) is 3. The third kappa shape index (κ3) is 6.28. The van der Waals surface area contributed by atoms with Crippen LogP contribution in [0.25, 0.3) is 0 Å². The Morgan fingerprint density at radius 1 is 1.36 bits per heavy atom. The summed E-state index contributed by atoms with van der Waals surface area (Å²) in [5.74, 6) is -1.22. The molecule has 0 aromatic rings. The van der Waals surface area contributed by atoms with E-state index in [1.807, 2.05) is 13.8 Å². The molecule has 0 spiro atoms. The maximum Gasteiger partial charge on any atom is 0.407 e. The number of amides is 1. The Bertz CT molecular complexity index is 188. The van der Waals surface area contributed by atoms with Crippen molar-refractivity contribution in [2.45, 2.75) is 33.7 Å². The summed E-state index contributed by atoms with van der Waals surface area (Å²) in [5, 5.41) is 10.8. The van der Waals surface area contributed by atoms with Crippen LogP contribution in [0.15, 0.2) is 0 Å². The normalized spacial score (nSPS) is 11.0. The van der Waals surface area contributed by atoms with Crippen molar-refractivity contribution >= 4 is 12.1 Å². The lowest BCUT2D eigenvalue weighted by Gasteiger charge is -2.16. The van der Waals surface area contributed by atoms with Gasteiger partial charge < -0.3 is 15.2 Å². The lowest BCUT2D eigenvalue weighted by atomic mass is 10.1. The van der Waals surface area contributed by atoms with Crippen molar-refractivity contribution in [3.05, 3.63) is 0 Å². The van der Waals surface area contributed by atoms with E-state index < -0.39 is 18.1 Å². The molecule has 0 aromatic heterocycles. The first-order chi connectivity index (χ1) is 6.49. The number of aliphatic carboxylic acids is 1. The molecule has 0 unspecified atom stereocenters. The van der Waals surface area contributed by atoms with Crippen molar-refractivity contribution in [2.75, 3.05) is 7.11 Å². The molecular formula is C9H23NO4. The fourth-order valence-electron chi connectivity index (χ4n) is 0.699. The summed E-state index contributed by atoms with van der Waals surface area (Å²) >= 11 is 0. The molecule has 5 nitrogen and oxygen atoms in total. The molecular weight excluding hydrogens is 186 g/mol. The second kappa shape index (κ2) is 8.34. The topological polar surface area (TPSA) is 75.6 Å². The summed E-state index contributed by atoms with van der Waals surface area (Å²) in [6, 6.07) is -0.891. The number of carbonyl (C=O) groups excluding carboxylic acids is 1. The Morgan fingerprint density at radius 3 is 2.00 bits per heavy atom. The molecule has 0 saturated carbocycles. The smallest absolute Gasteiger partial charge is 0.407 e. The van der Waals surface area contributed by atoms with E-state index in [1.54, 1.807) is 13.8 Å². The maximum atomic E-state index is 10.6. The van der Waals surface area contributed by atoms with Crippen LogP contribution in [0, 0.1) is 5.92 Å². The molecule has 14 heavy (non-hydrogen) atoms. The SMILES string of the molecule is CC.COC(=O)N[C@H](C(=O)O)C(C)C.[HH].[HH]. The molecule has 0 rings (SSSR count). The van der Waals surface area contributed by atoms with Crippen LogP contribution >= 0.6 is 0 Å². The van der Waals surface area contributed by atoms with E-state index in [1.165, 1.54) is 7.11 Å². The minimum Gasteiger partial charge on any atom is -0.480 e. The summed E-state index contributed by atoms with van der Waals surface area (Å²) in [6.45, 7) is 7.41. The fourth-order valence-corrected chi connectivity index (χ4v) is 0.699. The van der Waals surface area contributed by atoms with Crippen molar-refractivity contribution in [1.29, 1.82) is 0 Å². The molecule has 0 aliphatic heterocycles. The molecule has 0 aliphatic carbocycles. The molecule has 0 heterocycles. The van der Waals surface area contributed by atoms with Gasteiger partial charge in [-0.3, -0.25) is 0 Å². The summed E-state index contributed by atoms with van der Waals surface area (Å²) in [4.78, 5) is 21.2. The monoisotopic (exact) mass is 209 g/mol. The lowest BCUT2D eigenvalue weighted by Crippen LogP contribution is -2.44. The van der Waals surface area contributed by atoms with Gasteiger partial charge in [-0.05, 0) is 5.92 Å². The fraction of sp³-hybridized carbons (Fsp3) is 0.778. The first kappa shape index (κ1) is 15.2. The van der Waals surface area contributed by atoms with Gasteiger partial charge in [-0.1, -0.05) is 27.7 Å². The van der Waals surface area contributed by atoms with Crippen molar-refractivity contribution in [1.82, 2.24) is 5.32 Å². The Hall–Kier alpha value is -1.26. The van der Waals surface area contributed by atoms with Crippen LogP contribution in [-0.2, 0) is 9.53 Å². The zero-order chi connectivity index (χ0) is 11.7. The van der Waals surface area contributed by atoms with Crippen LogP contribution in [0.5, 0.6) is 0 Å². The molecule has 2 N–H and O–H groups in total. The number of alkyl carbamates (subject to hydrolysis) is 1. The largest absolute Gasteiger partial charge is 0.480 e. The highest BCUT2D eigenvalue weighted by Crippen LogP contribution is 2.01. The maximum absolute atomic E-state index is 10.6. The van der Waals surface area contributed by atoms with Crippen LogP contribution in [0.2, 0.25) is 0 Å². The van der Waals surface area contributed by atoms with Crippen LogP contribution in [-0.4, -0.2) is 30.3 Å². The number of rotatable bonds is 3. The summed E-state index contributed by atoms with van der Waals surface area (Å²) < 4.78 is 4.27. The third-order valence-corrected chi connectivity index (χ3v) is 1.39. The summed E-state index contributed by atoms with van der Waals surface area (Å²) in [7, 11) is 1.19. The number of carboxylic acid groups (broad SMARTS) is 1. The minimum atomic E-state index is -1.06. The quantitative estimate of drug-likeness (QED) is 0.745. The molecule has 0 fully saturated rings. The van der Waals surface area contributed by atoms with E-state index in [4.69, 9.17) is 5.11 Å². The van der Waals surface area contributed by atoms with E-state index in [0.717, 1.165) is 0 Å². The predicted molar refractivity (Wildman–Crippen MR) is 57.4 cm³/mol. The molecule has 0 bridgehead atoms. The number of methoxy groups -OCH3 is 1. The van der Waals surface area contributed by atoms with Crippen molar-refractivity contribution in [2.24, 2.45) is 5.92 Å². The van der Waals surface area contributed by atoms with Gasteiger partial charge in [-0.2, -0.15) is 0 Å². The first-order valence-corrected chi connectivity index (χ1v) is 4.56. The summed E-state index contributed by atoms with van der Waals surface area (Å²) in [6.07, 6.45) is -0.726. The predicted octanol–water partition coefficient (Wildman–Crippen LogP) is 1.97. The average Bonchev–Trinajstić information content (AvgIpc) is 2.15. The van der Waals surface area contributed by atoms with Gasteiger partial charge in [-0.15, -0.1) is 0 Å². The van der Waals surface area contributed by atoms with Gasteiger partial charge in [-0.25, -0.2) is 9.59 Å². The van der Waals surface area contributed by atoms with Crippen molar-refractivity contribution in [3.8, 4) is 0 Å². The number of hydrogen-bond donors (Lipinski definition) is 2. The van der Waals surface area contributed by atoms with E-state index in [0.29, 0.717) is 0 Å². The van der Waals surface area contributed by atoms with Crippen LogP contribution in [0.4, 0.5) is 4.79 Å². The zero-order valence-corrected chi connectivity index (χ0v) is 9.33. The van der Waals surface area contributed by atoms with E-state index >= 15 is 0 Å². The minimum absolute atomic E-state index is 0. The van der Waals surface area contributed by atoms with Gasteiger partial charge in [0.1, 0.15) is 6.04 Å². The number of carbonyl (C=O) groups is 2. The van der Waals surface area contributed by atoms with Crippen molar-refractivity contribution in [3.63, 3.8) is 0 Å². The van der Waals surface area contributed by atoms with Gasteiger partial charge in [0.15, 0.2) is 0 Å². The molecule has 1 amide bonds. The second-order valence-electron chi connectivity index (χ2n) is 2.70. The molecule has 0 radical (unpaired) electrons. The zero-order valence-electron chi connectivity index (χ0n) is 9.33. The molecule has 0 aliphatic rings. The van der Waals surface area contributed by atoms with Gasteiger partial charge in [0, 0.05) is 2.85 Å². The number of nitrogens with one attached hydrogen (secondary N) is 1. The molecule has 5 heteroatoms. The van der Waals surface area contributed by atoms with Gasteiger partial charge in [0.2, 0.25) is 0 Å². The van der Waals surface area contributed by atoms with Gasteiger partial charge in [0.05, 0.1) is 7.11 Å². The molecule has 0 aromatic carbocycles. The van der Waals surface area contributed by atoms with Gasteiger partial charge >= 0.3 is 12.1 Å². The highest BCUT2D eigenvalue weighted by atomic mass is 16.5. The molecule has 1 atom stereocenters. The van der Waals surface area contributed by atoms with E-state index in [2.05, 4.69) is 10.1 Å².